The van der Waals surface area contributed by atoms with Crippen LogP contribution in [0.15, 0.2) is 59.4 Å². The van der Waals surface area contributed by atoms with E-state index in [2.05, 4.69) is 0 Å². The van der Waals surface area contributed by atoms with Gasteiger partial charge in [0.05, 0.1) is 29.9 Å². The Labute approximate surface area is 122 Å². The van der Waals surface area contributed by atoms with Gasteiger partial charge in [0.2, 0.25) is 0 Å². The molecule has 0 amide bonds. The number of hydrogen-bond donors (Lipinski definition) is 0. The molecule has 0 aliphatic carbocycles. The normalized spacial score (nSPS) is 20.8. The monoisotopic (exact) mass is 280 g/mol. The first-order chi connectivity index (χ1) is 10.2. The lowest BCUT2D eigenvalue weighted by Crippen LogP contribution is -2.28. The largest absolute Gasteiger partial charge is 0.368 e. The topological polar surface area (TPSA) is 39.5 Å². The maximum absolute atomic E-state index is 12.9. The molecule has 0 saturated carbocycles. The number of fused-ring (bicyclic) bond motifs is 1. The number of ether oxygens (including phenoxy) is 1. The Morgan fingerprint density at radius 2 is 1.67 bits per heavy atom. The molecule has 1 aromatic heterocycles. The fraction of sp³-hybridized carbons (Fsp3) is 0.235. The molecular formula is C17H16N2O2. The van der Waals surface area contributed by atoms with E-state index in [1.54, 1.807) is 4.57 Å². The smallest absolute Gasteiger partial charge is 0.333 e. The SMILES string of the molecule is CC1(Cn2c(=O)n(-c3ccccc3)c3ccccc32)CO1. The molecule has 1 fully saturated rings. The molecule has 21 heavy (non-hydrogen) atoms. The third-order valence-electron chi connectivity index (χ3n) is 3.98. The summed E-state index contributed by atoms with van der Waals surface area (Å²) >= 11 is 0. The number of hydrogen-bond acceptors (Lipinski definition) is 2. The minimum absolute atomic E-state index is 0.0147. The predicted molar refractivity (Wildman–Crippen MR) is 81.9 cm³/mol. The zero-order valence-electron chi connectivity index (χ0n) is 11.8. The molecule has 1 unspecified atom stereocenters. The van der Waals surface area contributed by atoms with E-state index in [1.807, 2.05) is 66.1 Å². The van der Waals surface area contributed by atoms with Gasteiger partial charge in [-0.2, -0.15) is 0 Å². The summed E-state index contributed by atoms with van der Waals surface area (Å²) in [6, 6.07) is 17.6. The van der Waals surface area contributed by atoms with Crippen LogP contribution in [-0.2, 0) is 11.3 Å². The van der Waals surface area contributed by atoms with Gasteiger partial charge in [-0.05, 0) is 31.2 Å². The molecule has 4 rings (SSSR count). The van der Waals surface area contributed by atoms with Crippen molar-refractivity contribution in [1.82, 2.24) is 9.13 Å². The number of epoxide rings is 1. The average molecular weight is 280 g/mol. The second-order valence-corrected chi connectivity index (χ2v) is 5.77. The summed E-state index contributed by atoms with van der Waals surface area (Å²) in [6.45, 7) is 3.34. The highest BCUT2D eigenvalue weighted by molar-refractivity contribution is 5.78. The van der Waals surface area contributed by atoms with Crippen LogP contribution in [0.3, 0.4) is 0 Å². The summed E-state index contributed by atoms with van der Waals surface area (Å²) in [7, 11) is 0. The van der Waals surface area contributed by atoms with E-state index in [-0.39, 0.29) is 11.3 Å². The number of aromatic nitrogens is 2. The van der Waals surface area contributed by atoms with Gasteiger partial charge in [-0.3, -0.25) is 9.13 Å². The summed E-state index contributed by atoms with van der Waals surface area (Å²) in [4.78, 5) is 12.9. The van der Waals surface area contributed by atoms with Crippen LogP contribution in [0, 0.1) is 0 Å². The van der Waals surface area contributed by atoms with Crippen LogP contribution in [0.4, 0.5) is 0 Å². The van der Waals surface area contributed by atoms with Crippen LogP contribution in [0.25, 0.3) is 16.7 Å². The highest BCUT2D eigenvalue weighted by atomic mass is 16.6. The van der Waals surface area contributed by atoms with Crippen LogP contribution < -0.4 is 5.69 Å². The van der Waals surface area contributed by atoms with Gasteiger partial charge in [-0.15, -0.1) is 0 Å². The van der Waals surface area contributed by atoms with Gasteiger partial charge in [-0.25, -0.2) is 4.79 Å². The summed E-state index contributed by atoms with van der Waals surface area (Å²) < 4.78 is 9.03. The standard InChI is InChI=1S/C17H16N2O2/c1-17(12-21-17)11-18-14-9-5-6-10-15(14)19(16(18)20)13-7-3-2-4-8-13/h2-10H,11-12H2,1H3. The Balaban J connectivity index is 1.99. The number of nitrogens with zero attached hydrogens (tertiary/aromatic N) is 2. The van der Waals surface area contributed by atoms with Gasteiger partial charge in [-0.1, -0.05) is 30.3 Å². The minimum atomic E-state index is -0.199. The molecule has 0 radical (unpaired) electrons. The Morgan fingerprint density at radius 3 is 2.33 bits per heavy atom. The number of benzene rings is 2. The van der Waals surface area contributed by atoms with Crippen LogP contribution in [-0.4, -0.2) is 21.3 Å². The molecule has 1 saturated heterocycles. The Bertz CT molecular complexity index is 857. The first-order valence-electron chi connectivity index (χ1n) is 7.08. The Hall–Kier alpha value is -2.33. The fourth-order valence-corrected chi connectivity index (χ4v) is 2.74. The lowest BCUT2D eigenvalue weighted by Gasteiger charge is -2.06. The molecule has 106 valence electrons. The average Bonchev–Trinajstić information content (AvgIpc) is 3.18. The molecule has 0 N–H and O–H groups in total. The molecule has 4 nitrogen and oxygen atoms in total. The Kier molecular flexibility index (Phi) is 2.56. The molecule has 2 aromatic carbocycles. The molecule has 1 aliphatic heterocycles. The zero-order chi connectivity index (χ0) is 14.4. The van der Waals surface area contributed by atoms with Crippen molar-refractivity contribution in [2.24, 2.45) is 0 Å². The molecule has 1 aliphatic rings. The summed E-state index contributed by atoms with van der Waals surface area (Å²) in [5.41, 5.74) is 2.55. The predicted octanol–water partition coefficient (Wildman–Crippen LogP) is 2.58. The van der Waals surface area contributed by atoms with Gasteiger partial charge < -0.3 is 4.74 Å². The third-order valence-corrected chi connectivity index (χ3v) is 3.98. The van der Waals surface area contributed by atoms with E-state index < -0.39 is 0 Å². The third kappa shape index (κ3) is 1.99. The lowest BCUT2D eigenvalue weighted by atomic mass is 10.2. The molecule has 4 heteroatoms. The maximum Gasteiger partial charge on any atom is 0.333 e. The van der Waals surface area contributed by atoms with Crippen LogP contribution in [0.5, 0.6) is 0 Å². The molecule has 3 aromatic rings. The van der Waals surface area contributed by atoms with Crippen molar-refractivity contribution in [3.63, 3.8) is 0 Å². The fourth-order valence-electron chi connectivity index (χ4n) is 2.74. The summed E-state index contributed by atoms with van der Waals surface area (Å²) in [5, 5.41) is 0. The zero-order valence-corrected chi connectivity index (χ0v) is 11.8. The number of rotatable bonds is 3. The molecular weight excluding hydrogens is 264 g/mol. The second-order valence-electron chi connectivity index (χ2n) is 5.77. The quantitative estimate of drug-likeness (QED) is 0.692. The van der Waals surface area contributed by atoms with Gasteiger partial charge in [0, 0.05) is 0 Å². The second kappa shape index (κ2) is 4.33. The first-order valence-corrected chi connectivity index (χ1v) is 7.08. The Morgan fingerprint density at radius 1 is 1.05 bits per heavy atom. The number of para-hydroxylation sites is 3. The van der Waals surface area contributed by atoms with Crippen molar-refractivity contribution in [1.29, 1.82) is 0 Å². The van der Waals surface area contributed by atoms with E-state index in [1.165, 1.54) is 0 Å². The van der Waals surface area contributed by atoms with Crippen molar-refractivity contribution in [2.45, 2.75) is 19.1 Å². The summed E-state index contributed by atoms with van der Waals surface area (Å²) in [6.07, 6.45) is 0. The van der Waals surface area contributed by atoms with E-state index >= 15 is 0 Å². The first kappa shape index (κ1) is 12.4. The summed E-state index contributed by atoms with van der Waals surface area (Å²) in [5.74, 6) is 0. The minimum Gasteiger partial charge on any atom is -0.368 e. The van der Waals surface area contributed by atoms with Crippen molar-refractivity contribution in [2.75, 3.05) is 6.61 Å². The molecule has 1 atom stereocenters. The van der Waals surface area contributed by atoms with Crippen molar-refractivity contribution in [3.05, 3.63) is 65.1 Å². The van der Waals surface area contributed by atoms with Crippen LogP contribution >= 0.6 is 0 Å². The van der Waals surface area contributed by atoms with Crippen molar-refractivity contribution in [3.8, 4) is 5.69 Å². The lowest BCUT2D eigenvalue weighted by molar-refractivity contribution is 0.293. The maximum atomic E-state index is 12.9. The van der Waals surface area contributed by atoms with Crippen molar-refractivity contribution < 1.29 is 4.74 Å². The highest BCUT2D eigenvalue weighted by Gasteiger charge is 2.40. The van der Waals surface area contributed by atoms with E-state index in [4.69, 9.17) is 4.74 Å². The van der Waals surface area contributed by atoms with Crippen LogP contribution in [0.2, 0.25) is 0 Å². The van der Waals surface area contributed by atoms with Gasteiger partial charge in [0.25, 0.3) is 0 Å². The van der Waals surface area contributed by atoms with Crippen LogP contribution in [0.1, 0.15) is 6.92 Å². The molecule has 0 spiro atoms. The van der Waals surface area contributed by atoms with E-state index in [0.29, 0.717) is 13.2 Å². The van der Waals surface area contributed by atoms with Gasteiger partial charge >= 0.3 is 5.69 Å². The van der Waals surface area contributed by atoms with E-state index in [0.717, 1.165) is 16.7 Å². The number of imidazole rings is 1. The molecule has 0 bridgehead atoms. The highest BCUT2D eigenvalue weighted by Crippen LogP contribution is 2.29. The van der Waals surface area contributed by atoms with E-state index in [9.17, 15) is 4.79 Å². The molecule has 2 heterocycles. The van der Waals surface area contributed by atoms with Gasteiger partial charge in [0.1, 0.15) is 5.60 Å². The van der Waals surface area contributed by atoms with Crippen molar-refractivity contribution >= 4 is 11.0 Å². The van der Waals surface area contributed by atoms with Gasteiger partial charge in [0.15, 0.2) is 0 Å².